The molecule has 1 aliphatic heterocycles. The molecule has 1 aromatic heterocycles. The first kappa shape index (κ1) is 16.4. The predicted molar refractivity (Wildman–Crippen MR) is 85.6 cm³/mol. The van der Waals surface area contributed by atoms with Gasteiger partial charge >= 0.3 is 6.03 Å². The minimum Gasteiger partial charge on any atom is -0.337 e. The molecule has 0 radical (unpaired) electrons. The number of nitrogens with one attached hydrogen (secondary N) is 1. The summed E-state index contributed by atoms with van der Waals surface area (Å²) >= 11 is 0. The molecule has 1 unspecified atom stereocenters. The fraction of sp³-hybridized carbons (Fsp3) is 0.471. The van der Waals surface area contributed by atoms with Crippen molar-refractivity contribution in [1.29, 1.82) is 0 Å². The van der Waals surface area contributed by atoms with Gasteiger partial charge in [-0.1, -0.05) is 30.1 Å². The van der Waals surface area contributed by atoms with Gasteiger partial charge in [0.1, 0.15) is 11.9 Å². The van der Waals surface area contributed by atoms with Crippen molar-refractivity contribution in [3.05, 3.63) is 47.4 Å². The standard InChI is InChI=1S/C17H21FN4O2/c1-12-20-16(24-21-12)15-5-3-2-4-10-22(15)17(23)19-11-13-6-8-14(18)9-7-13/h6-9,15H,2-5,10-11H2,1H3,(H,19,23). The molecule has 1 N–H and O–H groups in total. The number of hydrogen-bond donors (Lipinski definition) is 1. The smallest absolute Gasteiger partial charge is 0.318 e. The van der Waals surface area contributed by atoms with E-state index in [4.69, 9.17) is 4.52 Å². The summed E-state index contributed by atoms with van der Waals surface area (Å²) in [6, 6.07) is 5.74. The molecule has 3 rings (SSSR count). The topological polar surface area (TPSA) is 71.3 Å². The van der Waals surface area contributed by atoms with Crippen molar-refractivity contribution in [2.75, 3.05) is 6.54 Å². The Morgan fingerprint density at radius 1 is 1.33 bits per heavy atom. The van der Waals surface area contributed by atoms with Gasteiger partial charge in [0.15, 0.2) is 5.82 Å². The van der Waals surface area contributed by atoms with Crippen LogP contribution in [0.5, 0.6) is 0 Å². The maximum Gasteiger partial charge on any atom is 0.318 e. The van der Waals surface area contributed by atoms with Crippen LogP contribution >= 0.6 is 0 Å². The van der Waals surface area contributed by atoms with E-state index in [-0.39, 0.29) is 17.9 Å². The molecule has 0 bridgehead atoms. The first-order chi connectivity index (χ1) is 11.6. The molecule has 0 spiro atoms. The highest BCUT2D eigenvalue weighted by Gasteiger charge is 2.30. The number of halogens is 1. The maximum absolute atomic E-state index is 12.9. The van der Waals surface area contributed by atoms with Gasteiger partial charge in [0, 0.05) is 13.1 Å². The number of carbonyl (C=O) groups is 1. The van der Waals surface area contributed by atoms with Gasteiger partial charge in [0.05, 0.1) is 0 Å². The van der Waals surface area contributed by atoms with Gasteiger partial charge in [-0.15, -0.1) is 0 Å². The zero-order chi connectivity index (χ0) is 16.9. The Hall–Kier alpha value is -2.44. The Morgan fingerprint density at radius 3 is 2.83 bits per heavy atom. The monoisotopic (exact) mass is 332 g/mol. The first-order valence-electron chi connectivity index (χ1n) is 8.22. The summed E-state index contributed by atoms with van der Waals surface area (Å²) in [7, 11) is 0. The van der Waals surface area contributed by atoms with Gasteiger partial charge in [-0.05, 0) is 37.5 Å². The normalized spacial score (nSPS) is 18.2. The highest BCUT2D eigenvalue weighted by atomic mass is 19.1. The van der Waals surface area contributed by atoms with Crippen molar-refractivity contribution in [3.63, 3.8) is 0 Å². The molecule has 0 aliphatic carbocycles. The number of hydrogen-bond acceptors (Lipinski definition) is 4. The van der Waals surface area contributed by atoms with Crippen LogP contribution in [-0.2, 0) is 6.54 Å². The summed E-state index contributed by atoms with van der Waals surface area (Å²) in [5.41, 5.74) is 0.852. The second-order valence-corrected chi connectivity index (χ2v) is 6.02. The number of amides is 2. The van der Waals surface area contributed by atoms with Crippen LogP contribution in [0.2, 0.25) is 0 Å². The highest BCUT2D eigenvalue weighted by Crippen LogP contribution is 2.29. The molecular weight excluding hydrogens is 311 g/mol. The van der Waals surface area contributed by atoms with Crippen molar-refractivity contribution >= 4 is 6.03 Å². The van der Waals surface area contributed by atoms with E-state index in [0.717, 1.165) is 31.2 Å². The quantitative estimate of drug-likeness (QED) is 0.936. The van der Waals surface area contributed by atoms with Gasteiger partial charge in [-0.25, -0.2) is 9.18 Å². The number of nitrogens with zero attached hydrogens (tertiary/aromatic N) is 3. The van der Waals surface area contributed by atoms with Crippen LogP contribution in [-0.4, -0.2) is 27.6 Å². The Morgan fingerprint density at radius 2 is 2.12 bits per heavy atom. The van der Waals surface area contributed by atoms with Crippen LogP contribution in [0, 0.1) is 12.7 Å². The average Bonchev–Trinajstić information content (AvgIpc) is 2.86. The predicted octanol–water partition coefficient (Wildman–Crippen LogP) is 3.34. The van der Waals surface area contributed by atoms with Crippen LogP contribution in [0.15, 0.2) is 28.8 Å². The lowest BCUT2D eigenvalue weighted by molar-refractivity contribution is 0.158. The lowest BCUT2D eigenvalue weighted by Crippen LogP contribution is -2.42. The summed E-state index contributed by atoms with van der Waals surface area (Å²) in [6.45, 7) is 2.77. The molecular formula is C17H21FN4O2. The van der Waals surface area contributed by atoms with Crippen molar-refractivity contribution < 1.29 is 13.7 Å². The number of likely N-dealkylation sites (tertiary alicyclic amines) is 1. The van der Waals surface area contributed by atoms with E-state index in [1.807, 2.05) is 0 Å². The zero-order valence-electron chi connectivity index (χ0n) is 13.7. The molecule has 0 saturated carbocycles. The summed E-state index contributed by atoms with van der Waals surface area (Å²) in [6.07, 6.45) is 3.86. The molecule has 1 saturated heterocycles. The third kappa shape index (κ3) is 3.90. The molecule has 1 atom stereocenters. The largest absolute Gasteiger partial charge is 0.337 e. The van der Waals surface area contributed by atoms with Crippen molar-refractivity contribution in [3.8, 4) is 0 Å². The molecule has 24 heavy (non-hydrogen) atoms. The van der Waals surface area contributed by atoms with Crippen LogP contribution in [0.25, 0.3) is 0 Å². The van der Waals surface area contributed by atoms with Gasteiger partial charge < -0.3 is 14.7 Å². The van der Waals surface area contributed by atoms with Crippen molar-refractivity contribution in [1.82, 2.24) is 20.4 Å². The van der Waals surface area contributed by atoms with Gasteiger partial charge in [-0.2, -0.15) is 4.98 Å². The molecule has 1 fully saturated rings. The number of rotatable bonds is 3. The highest BCUT2D eigenvalue weighted by molar-refractivity contribution is 5.74. The van der Waals surface area contributed by atoms with Crippen molar-refractivity contribution in [2.45, 2.75) is 45.2 Å². The van der Waals surface area contributed by atoms with E-state index in [0.29, 0.717) is 24.8 Å². The number of aryl methyl sites for hydroxylation is 1. The lowest BCUT2D eigenvalue weighted by atomic mass is 10.1. The number of aromatic nitrogens is 2. The Bertz CT molecular complexity index is 686. The number of carbonyl (C=O) groups excluding carboxylic acids is 1. The minimum absolute atomic E-state index is 0.165. The molecule has 2 amide bonds. The Kier molecular flexibility index (Phi) is 5.08. The van der Waals surface area contributed by atoms with E-state index >= 15 is 0 Å². The fourth-order valence-corrected chi connectivity index (χ4v) is 2.94. The summed E-state index contributed by atoms with van der Waals surface area (Å²) in [4.78, 5) is 18.7. The molecule has 7 heteroatoms. The van der Waals surface area contributed by atoms with Crippen LogP contribution in [0.4, 0.5) is 9.18 Å². The van der Waals surface area contributed by atoms with E-state index in [1.54, 1.807) is 24.0 Å². The molecule has 1 aromatic carbocycles. The summed E-state index contributed by atoms with van der Waals surface area (Å²) < 4.78 is 18.2. The molecule has 2 aromatic rings. The maximum atomic E-state index is 12.9. The third-order valence-corrected chi connectivity index (χ3v) is 4.20. The van der Waals surface area contributed by atoms with Crippen LogP contribution in [0.1, 0.15) is 49.0 Å². The summed E-state index contributed by atoms with van der Waals surface area (Å²) in [5, 5.41) is 6.74. The van der Waals surface area contributed by atoms with Gasteiger partial charge in [-0.3, -0.25) is 0 Å². The molecule has 6 nitrogen and oxygen atoms in total. The van der Waals surface area contributed by atoms with Crippen LogP contribution in [0.3, 0.4) is 0 Å². The third-order valence-electron chi connectivity index (χ3n) is 4.20. The Balaban J connectivity index is 1.68. The average molecular weight is 332 g/mol. The van der Waals surface area contributed by atoms with E-state index in [1.165, 1.54) is 12.1 Å². The number of benzene rings is 1. The van der Waals surface area contributed by atoms with Gasteiger partial charge in [0.2, 0.25) is 5.89 Å². The molecule has 128 valence electrons. The molecule has 2 heterocycles. The van der Waals surface area contributed by atoms with E-state index < -0.39 is 0 Å². The zero-order valence-corrected chi connectivity index (χ0v) is 13.7. The van der Waals surface area contributed by atoms with Gasteiger partial charge in [0.25, 0.3) is 0 Å². The molecule has 1 aliphatic rings. The Labute approximate surface area is 140 Å². The minimum atomic E-state index is -0.288. The summed E-state index contributed by atoms with van der Waals surface area (Å²) in [5.74, 6) is 0.775. The SMILES string of the molecule is Cc1noc(C2CCCCCN2C(=O)NCc2ccc(F)cc2)n1. The van der Waals surface area contributed by atoms with Crippen LogP contribution < -0.4 is 5.32 Å². The lowest BCUT2D eigenvalue weighted by Gasteiger charge is -2.27. The first-order valence-corrected chi connectivity index (χ1v) is 8.22. The fourth-order valence-electron chi connectivity index (χ4n) is 2.94. The van der Waals surface area contributed by atoms with E-state index in [9.17, 15) is 9.18 Å². The number of urea groups is 1. The second kappa shape index (κ2) is 7.42. The van der Waals surface area contributed by atoms with Crippen molar-refractivity contribution in [2.24, 2.45) is 0 Å². The van der Waals surface area contributed by atoms with E-state index in [2.05, 4.69) is 15.5 Å². The second-order valence-electron chi connectivity index (χ2n) is 6.02.